The standard InChI is InChI=1S/C15H10BN4P/c16-14-3-1-2-11(18-14)12-5-4-9-10-8-17-7-6-13(10)20(21)15(9)19-12/h1-8H,21H2. The van der Waals surface area contributed by atoms with Crippen LogP contribution in [0.1, 0.15) is 0 Å². The van der Waals surface area contributed by atoms with Crippen LogP contribution in [0.3, 0.4) is 0 Å². The predicted octanol–water partition coefficient (Wildman–Crippen LogP) is 2.08. The van der Waals surface area contributed by atoms with Crippen LogP contribution in [0.25, 0.3) is 33.3 Å². The molecule has 0 bridgehead atoms. The van der Waals surface area contributed by atoms with Crippen molar-refractivity contribution in [1.82, 2.24) is 19.3 Å². The Labute approximate surface area is 124 Å². The molecule has 0 saturated carbocycles. The minimum atomic E-state index is 0.491. The second-order valence-corrected chi connectivity index (χ2v) is 5.29. The highest BCUT2D eigenvalue weighted by atomic mass is 31.0. The van der Waals surface area contributed by atoms with Crippen molar-refractivity contribution in [2.75, 3.05) is 0 Å². The summed E-state index contributed by atoms with van der Waals surface area (Å²) in [5.41, 5.74) is 4.02. The van der Waals surface area contributed by atoms with Crippen LogP contribution in [0, 0.1) is 0 Å². The summed E-state index contributed by atoms with van der Waals surface area (Å²) in [5, 5.41) is 2.16. The Balaban J connectivity index is 2.02. The van der Waals surface area contributed by atoms with Crippen LogP contribution < -0.4 is 5.59 Å². The molecule has 1 unspecified atom stereocenters. The average Bonchev–Trinajstić information content (AvgIpc) is 2.81. The first-order valence-corrected chi connectivity index (χ1v) is 6.99. The largest absolute Gasteiger partial charge is 0.310 e. The molecule has 0 aromatic carbocycles. The maximum atomic E-state index is 5.74. The van der Waals surface area contributed by atoms with Gasteiger partial charge < -0.3 is 4.34 Å². The van der Waals surface area contributed by atoms with Crippen molar-refractivity contribution in [3.8, 4) is 11.4 Å². The summed E-state index contributed by atoms with van der Waals surface area (Å²) < 4.78 is 1.99. The molecule has 98 valence electrons. The van der Waals surface area contributed by atoms with Crippen molar-refractivity contribution in [2.45, 2.75) is 0 Å². The fourth-order valence-electron chi connectivity index (χ4n) is 2.50. The van der Waals surface area contributed by atoms with E-state index in [0.29, 0.717) is 5.59 Å². The summed E-state index contributed by atoms with van der Waals surface area (Å²) in [6.45, 7) is 0. The Morgan fingerprint density at radius 2 is 1.81 bits per heavy atom. The van der Waals surface area contributed by atoms with Gasteiger partial charge in [-0.1, -0.05) is 12.1 Å². The number of pyridine rings is 3. The molecule has 0 aliphatic rings. The van der Waals surface area contributed by atoms with Crippen molar-refractivity contribution >= 4 is 44.8 Å². The zero-order valence-corrected chi connectivity index (χ0v) is 12.2. The average molecular weight is 288 g/mol. The molecule has 0 saturated heterocycles. The Kier molecular flexibility index (Phi) is 2.76. The lowest BCUT2D eigenvalue weighted by molar-refractivity contribution is 1.26. The van der Waals surface area contributed by atoms with Gasteiger partial charge in [0.15, 0.2) is 0 Å². The van der Waals surface area contributed by atoms with Gasteiger partial charge in [-0.25, -0.2) is 4.98 Å². The van der Waals surface area contributed by atoms with Crippen molar-refractivity contribution in [3.63, 3.8) is 0 Å². The van der Waals surface area contributed by atoms with Gasteiger partial charge in [-0.3, -0.25) is 9.97 Å². The molecule has 0 amide bonds. The smallest absolute Gasteiger partial charge is 0.144 e. The van der Waals surface area contributed by atoms with Gasteiger partial charge in [0.05, 0.1) is 16.9 Å². The molecule has 2 radical (unpaired) electrons. The molecule has 1 atom stereocenters. The topological polar surface area (TPSA) is 43.6 Å². The van der Waals surface area contributed by atoms with E-state index in [2.05, 4.69) is 19.4 Å². The number of rotatable bonds is 1. The molecule has 4 nitrogen and oxygen atoms in total. The maximum absolute atomic E-state index is 5.74. The highest BCUT2D eigenvalue weighted by Gasteiger charge is 2.11. The Morgan fingerprint density at radius 1 is 0.952 bits per heavy atom. The summed E-state index contributed by atoms with van der Waals surface area (Å²) in [7, 11) is 8.44. The zero-order valence-electron chi connectivity index (χ0n) is 11.1. The summed E-state index contributed by atoms with van der Waals surface area (Å²) in [4.78, 5) is 13.2. The predicted molar refractivity (Wildman–Crippen MR) is 88.8 cm³/mol. The summed E-state index contributed by atoms with van der Waals surface area (Å²) in [5.74, 6) is 0. The molecule has 0 fully saturated rings. The van der Waals surface area contributed by atoms with Crippen LogP contribution in [-0.4, -0.2) is 27.1 Å². The second kappa shape index (κ2) is 4.64. The van der Waals surface area contributed by atoms with Gasteiger partial charge in [0.25, 0.3) is 0 Å². The Morgan fingerprint density at radius 3 is 2.67 bits per heavy atom. The maximum Gasteiger partial charge on any atom is 0.144 e. The number of aromatic nitrogens is 4. The van der Waals surface area contributed by atoms with E-state index in [-0.39, 0.29) is 0 Å². The van der Waals surface area contributed by atoms with Crippen LogP contribution in [0.5, 0.6) is 0 Å². The normalized spacial score (nSPS) is 11.3. The van der Waals surface area contributed by atoms with Gasteiger partial charge in [-0.05, 0) is 39.2 Å². The summed E-state index contributed by atoms with van der Waals surface area (Å²) in [6.07, 6.45) is 3.64. The third-order valence-corrected chi connectivity index (χ3v) is 4.01. The van der Waals surface area contributed by atoms with E-state index in [9.17, 15) is 0 Å². The molecular formula is C15H10BN4P. The van der Waals surface area contributed by atoms with Gasteiger partial charge in [-0.15, -0.1) is 0 Å². The SMILES string of the molecule is [B]c1cccc(-c2ccc3c4cnccc4n(P)c3n2)n1. The molecule has 6 heteroatoms. The quantitative estimate of drug-likeness (QED) is 0.398. The lowest BCUT2D eigenvalue weighted by Gasteiger charge is -2.03. The minimum absolute atomic E-state index is 0.491. The van der Waals surface area contributed by atoms with Crippen molar-refractivity contribution in [2.24, 2.45) is 0 Å². The lowest BCUT2D eigenvalue weighted by Crippen LogP contribution is -2.07. The summed E-state index contributed by atoms with van der Waals surface area (Å²) >= 11 is 0. The third kappa shape index (κ3) is 1.93. The Hall–Kier alpha value is -2.26. The van der Waals surface area contributed by atoms with Gasteiger partial charge in [-0.2, -0.15) is 0 Å². The fourth-order valence-corrected chi connectivity index (χ4v) is 2.92. The Bertz CT molecular complexity index is 980. The molecule has 0 aliphatic heterocycles. The van der Waals surface area contributed by atoms with Gasteiger partial charge in [0.1, 0.15) is 13.5 Å². The van der Waals surface area contributed by atoms with Crippen LogP contribution in [0.4, 0.5) is 0 Å². The van der Waals surface area contributed by atoms with Crippen LogP contribution in [0.15, 0.2) is 48.8 Å². The first kappa shape index (κ1) is 12.5. The second-order valence-electron chi connectivity index (χ2n) is 4.78. The summed E-state index contributed by atoms with van der Waals surface area (Å²) in [6, 6.07) is 11.5. The van der Waals surface area contributed by atoms with Crippen molar-refractivity contribution < 1.29 is 0 Å². The number of nitrogens with zero attached hydrogens (tertiary/aromatic N) is 4. The zero-order chi connectivity index (χ0) is 14.4. The molecule has 4 aromatic heterocycles. The highest BCUT2D eigenvalue weighted by Crippen LogP contribution is 2.30. The molecule has 0 N–H and O–H groups in total. The van der Waals surface area contributed by atoms with E-state index in [0.717, 1.165) is 33.3 Å². The van der Waals surface area contributed by atoms with E-state index in [4.69, 9.17) is 12.8 Å². The van der Waals surface area contributed by atoms with Gasteiger partial charge in [0, 0.05) is 23.2 Å². The van der Waals surface area contributed by atoms with E-state index in [1.165, 1.54) is 0 Å². The van der Waals surface area contributed by atoms with E-state index in [1.807, 2.05) is 40.9 Å². The number of fused-ring (bicyclic) bond motifs is 3. The molecular weight excluding hydrogens is 278 g/mol. The molecule has 0 spiro atoms. The number of hydrogen-bond acceptors (Lipinski definition) is 3. The molecule has 0 aliphatic carbocycles. The van der Waals surface area contributed by atoms with Crippen molar-refractivity contribution in [1.29, 1.82) is 0 Å². The van der Waals surface area contributed by atoms with E-state index >= 15 is 0 Å². The van der Waals surface area contributed by atoms with Crippen molar-refractivity contribution in [3.05, 3.63) is 48.8 Å². The number of hydrogen-bond donors (Lipinski definition) is 0. The van der Waals surface area contributed by atoms with Crippen LogP contribution >= 0.6 is 9.39 Å². The molecule has 21 heavy (non-hydrogen) atoms. The van der Waals surface area contributed by atoms with Crippen LogP contribution in [-0.2, 0) is 0 Å². The monoisotopic (exact) mass is 288 g/mol. The third-order valence-electron chi connectivity index (χ3n) is 3.48. The fraction of sp³-hybridized carbons (Fsp3) is 0. The highest BCUT2D eigenvalue weighted by molar-refractivity contribution is 7.15. The molecule has 4 aromatic rings. The van der Waals surface area contributed by atoms with Crippen LogP contribution in [0.2, 0.25) is 0 Å². The molecule has 4 heterocycles. The minimum Gasteiger partial charge on any atom is -0.310 e. The van der Waals surface area contributed by atoms with E-state index in [1.54, 1.807) is 12.3 Å². The van der Waals surface area contributed by atoms with E-state index < -0.39 is 0 Å². The van der Waals surface area contributed by atoms with Gasteiger partial charge >= 0.3 is 0 Å². The van der Waals surface area contributed by atoms with Gasteiger partial charge in [0.2, 0.25) is 0 Å². The molecule has 4 rings (SSSR count). The lowest BCUT2D eigenvalue weighted by atomic mass is 10.0. The first-order valence-electron chi connectivity index (χ1n) is 6.47. The first-order chi connectivity index (χ1) is 10.2.